The van der Waals surface area contributed by atoms with Gasteiger partial charge in [0.05, 0.1) is 11.3 Å². The monoisotopic (exact) mass is 305 g/mol. The van der Waals surface area contributed by atoms with Crippen molar-refractivity contribution < 1.29 is 17.6 Å². The molecule has 0 aliphatic heterocycles. The van der Waals surface area contributed by atoms with Gasteiger partial charge in [0.1, 0.15) is 0 Å². The first kappa shape index (κ1) is 17.8. The molecule has 1 nitrogen and oxygen atoms in total. The van der Waals surface area contributed by atoms with Gasteiger partial charge < -0.3 is 4.90 Å². The Hall–Kier alpha value is -1.26. The molecule has 120 valence electrons. The molecule has 0 aliphatic rings. The van der Waals surface area contributed by atoms with E-state index in [0.717, 1.165) is 38.2 Å². The van der Waals surface area contributed by atoms with Crippen LogP contribution in [0.2, 0.25) is 0 Å². The summed E-state index contributed by atoms with van der Waals surface area (Å²) in [6.45, 7) is 5.18. The molecule has 0 bridgehead atoms. The van der Waals surface area contributed by atoms with Crippen LogP contribution >= 0.6 is 0 Å². The number of unbranched alkanes of at least 4 members (excludes halogenated alkanes) is 3. The van der Waals surface area contributed by atoms with E-state index in [1.165, 1.54) is 12.1 Å². The molecule has 21 heavy (non-hydrogen) atoms. The zero-order valence-corrected chi connectivity index (χ0v) is 12.6. The van der Waals surface area contributed by atoms with Gasteiger partial charge in [0.15, 0.2) is 5.82 Å². The minimum atomic E-state index is -4.65. The SMILES string of the molecule is CCCCCCN(CCC)c1cccc(C(F)(F)F)c1F. The van der Waals surface area contributed by atoms with Crippen molar-refractivity contribution in [3.63, 3.8) is 0 Å². The maximum Gasteiger partial charge on any atom is 0.419 e. The van der Waals surface area contributed by atoms with Crippen LogP contribution < -0.4 is 4.90 Å². The Balaban J connectivity index is 2.92. The second-order valence-electron chi connectivity index (χ2n) is 5.18. The summed E-state index contributed by atoms with van der Waals surface area (Å²) in [6, 6.07) is 3.50. The van der Waals surface area contributed by atoms with Crippen molar-refractivity contribution in [2.45, 2.75) is 52.1 Å². The molecule has 0 atom stereocenters. The molecule has 0 aromatic heterocycles. The molecular formula is C16H23F4N. The zero-order valence-electron chi connectivity index (χ0n) is 12.6. The number of hydrogen-bond acceptors (Lipinski definition) is 1. The van der Waals surface area contributed by atoms with Gasteiger partial charge in [0, 0.05) is 13.1 Å². The Labute approximate surface area is 124 Å². The molecule has 5 heteroatoms. The van der Waals surface area contributed by atoms with E-state index in [2.05, 4.69) is 6.92 Å². The minimum absolute atomic E-state index is 0.0585. The summed E-state index contributed by atoms with van der Waals surface area (Å²) in [6.07, 6.45) is 0.168. The number of alkyl halides is 3. The number of rotatable bonds is 8. The summed E-state index contributed by atoms with van der Waals surface area (Å²) < 4.78 is 52.5. The Morgan fingerprint density at radius 1 is 0.952 bits per heavy atom. The van der Waals surface area contributed by atoms with Crippen LogP contribution in [-0.2, 0) is 6.18 Å². The lowest BCUT2D eigenvalue weighted by atomic mass is 10.1. The van der Waals surface area contributed by atoms with Crippen LogP contribution in [0.15, 0.2) is 18.2 Å². The van der Waals surface area contributed by atoms with Crippen molar-refractivity contribution in [3.05, 3.63) is 29.6 Å². The summed E-state index contributed by atoms with van der Waals surface area (Å²) in [5.41, 5.74) is -1.13. The quantitative estimate of drug-likeness (QED) is 0.443. The average Bonchev–Trinajstić information content (AvgIpc) is 2.41. The van der Waals surface area contributed by atoms with Crippen LogP contribution in [0.25, 0.3) is 0 Å². The molecule has 1 aromatic rings. The Morgan fingerprint density at radius 2 is 1.67 bits per heavy atom. The molecule has 0 N–H and O–H groups in total. The van der Waals surface area contributed by atoms with Crippen LogP contribution in [0.5, 0.6) is 0 Å². The molecule has 0 saturated carbocycles. The van der Waals surface area contributed by atoms with E-state index in [0.29, 0.717) is 13.1 Å². The van der Waals surface area contributed by atoms with Gasteiger partial charge in [-0.05, 0) is 25.0 Å². The van der Waals surface area contributed by atoms with E-state index in [1.807, 2.05) is 6.92 Å². The van der Waals surface area contributed by atoms with E-state index in [9.17, 15) is 17.6 Å². The topological polar surface area (TPSA) is 3.24 Å². The normalized spacial score (nSPS) is 11.7. The van der Waals surface area contributed by atoms with Gasteiger partial charge in [0.2, 0.25) is 0 Å². The molecule has 0 radical (unpaired) electrons. The molecule has 0 spiro atoms. The van der Waals surface area contributed by atoms with Crippen molar-refractivity contribution in [3.8, 4) is 0 Å². The molecule has 0 unspecified atom stereocenters. The second-order valence-corrected chi connectivity index (χ2v) is 5.18. The van der Waals surface area contributed by atoms with Gasteiger partial charge in [0.25, 0.3) is 0 Å². The van der Waals surface area contributed by atoms with Gasteiger partial charge in [-0.2, -0.15) is 13.2 Å². The number of nitrogens with zero attached hydrogens (tertiary/aromatic N) is 1. The molecule has 0 saturated heterocycles. The summed E-state index contributed by atoms with van der Waals surface area (Å²) in [5.74, 6) is -1.16. The highest BCUT2D eigenvalue weighted by Crippen LogP contribution is 2.35. The molecule has 1 aromatic carbocycles. The van der Waals surface area contributed by atoms with Crippen molar-refractivity contribution in [1.82, 2.24) is 0 Å². The molecule has 0 heterocycles. The standard InChI is InChI=1S/C16H23F4N/c1-3-5-6-7-12-21(11-4-2)14-10-8-9-13(15(14)17)16(18,19)20/h8-10H,3-7,11-12H2,1-2H3. The number of hydrogen-bond donors (Lipinski definition) is 0. The number of halogens is 4. The van der Waals surface area contributed by atoms with E-state index < -0.39 is 17.6 Å². The molecule has 0 amide bonds. The predicted molar refractivity (Wildman–Crippen MR) is 78.0 cm³/mol. The average molecular weight is 305 g/mol. The van der Waals surface area contributed by atoms with Crippen LogP contribution in [0.1, 0.15) is 51.5 Å². The lowest BCUT2D eigenvalue weighted by molar-refractivity contribution is -0.139. The highest BCUT2D eigenvalue weighted by atomic mass is 19.4. The highest BCUT2D eigenvalue weighted by Gasteiger charge is 2.35. The van der Waals surface area contributed by atoms with Crippen LogP contribution in [0.3, 0.4) is 0 Å². The minimum Gasteiger partial charge on any atom is -0.369 e. The van der Waals surface area contributed by atoms with Crippen molar-refractivity contribution >= 4 is 5.69 Å². The maximum absolute atomic E-state index is 14.2. The summed E-state index contributed by atoms with van der Waals surface area (Å²) in [4.78, 5) is 1.72. The maximum atomic E-state index is 14.2. The first-order valence-electron chi connectivity index (χ1n) is 7.52. The Kier molecular flexibility index (Phi) is 6.99. The molecule has 0 fully saturated rings. The lowest BCUT2D eigenvalue weighted by Crippen LogP contribution is -2.27. The van der Waals surface area contributed by atoms with Crippen LogP contribution in [0.4, 0.5) is 23.2 Å². The van der Waals surface area contributed by atoms with Crippen LogP contribution in [0, 0.1) is 5.82 Å². The molecule has 1 rings (SSSR count). The zero-order chi connectivity index (χ0) is 15.9. The van der Waals surface area contributed by atoms with Gasteiger partial charge in [-0.15, -0.1) is 0 Å². The third-order valence-corrected chi connectivity index (χ3v) is 3.40. The molecular weight excluding hydrogens is 282 g/mol. The van der Waals surface area contributed by atoms with Crippen LogP contribution in [-0.4, -0.2) is 13.1 Å². The first-order valence-corrected chi connectivity index (χ1v) is 7.52. The first-order chi connectivity index (χ1) is 9.91. The largest absolute Gasteiger partial charge is 0.419 e. The number of anilines is 1. The predicted octanol–water partition coefficient (Wildman–Crippen LogP) is 5.64. The van der Waals surface area contributed by atoms with Gasteiger partial charge in [-0.25, -0.2) is 4.39 Å². The summed E-state index contributed by atoms with van der Waals surface area (Å²) in [7, 11) is 0. The van der Waals surface area contributed by atoms with Crippen molar-refractivity contribution in [1.29, 1.82) is 0 Å². The fourth-order valence-corrected chi connectivity index (χ4v) is 2.34. The summed E-state index contributed by atoms with van der Waals surface area (Å²) in [5, 5.41) is 0. The van der Waals surface area contributed by atoms with E-state index in [-0.39, 0.29) is 5.69 Å². The Morgan fingerprint density at radius 3 is 2.24 bits per heavy atom. The van der Waals surface area contributed by atoms with Gasteiger partial charge >= 0.3 is 6.18 Å². The molecule has 0 aliphatic carbocycles. The van der Waals surface area contributed by atoms with E-state index >= 15 is 0 Å². The third kappa shape index (κ3) is 5.21. The fourth-order valence-electron chi connectivity index (χ4n) is 2.34. The second kappa shape index (κ2) is 8.25. The van der Waals surface area contributed by atoms with Gasteiger partial charge in [-0.1, -0.05) is 39.2 Å². The van der Waals surface area contributed by atoms with E-state index in [4.69, 9.17) is 0 Å². The smallest absolute Gasteiger partial charge is 0.369 e. The van der Waals surface area contributed by atoms with Crippen molar-refractivity contribution in [2.75, 3.05) is 18.0 Å². The fraction of sp³-hybridized carbons (Fsp3) is 0.625. The summed E-state index contributed by atoms with van der Waals surface area (Å²) >= 11 is 0. The van der Waals surface area contributed by atoms with E-state index in [1.54, 1.807) is 4.90 Å². The van der Waals surface area contributed by atoms with Crippen molar-refractivity contribution in [2.24, 2.45) is 0 Å². The highest BCUT2D eigenvalue weighted by molar-refractivity contribution is 5.51. The third-order valence-electron chi connectivity index (χ3n) is 3.40. The lowest BCUT2D eigenvalue weighted by Gasteiger charge is -2.26. The Bertz CT molecular complexity index is 429. The number of benzene rings is 1. The van der Waals surface area contributed by atoms with Gasteiger partial charge in [-0.3, -0.25) is 0 Å².